The average Bonchev–Trinajstić information content (AvgIpc) is 2.48. The summed E-state index contributed by atoms with van der Waals surface area (Å²) in [6, 6.07) is 9.75. The molecule has 1 atom stereocenters. The molecule has 0 spiro atoms. The third kappa shape index (κ3) is 6.57. The fourth-order valence-electron chi connectivity index (χ4n) is 1.86. The quantitative estimate of drug-likeness (QED) is 0.389. The van der Waals surface area contributed by atoms with Crippen molar-refractivity contribution in [3.63, 3.8) is 0 Å². The molecule has 3 N–H and O–H groups in total. The largest absolute Gasteiger partial charge is 0.388 e. The highest BCUT2D eigenvalue weighted by atomic mass is 16.3. The number of rotatable bonds is 8. The highest BCUT2D eigenvalue weighted by molar-refractivity contribution is 5.79. The second-order valence-corrected chi connectivity index (χ2v) is 4.76. The lowest BCUT2D eigenvalue weighted by atomic mass is 10.1. The van der Waals surface area contributed by atoms with Gasteiger partial charge in [0.25, 0.3) is 0 Å². The Kier molecular flexibility index (Phi) is 8.47. The summed E-state index contributed by atoms with van der Waals surface area (Å²) < 4.78 is 0. The number of hydrogen-bond acceptors (Lipinski definition) is 2. The van der Waals surface area contributed by atoms with Crippen LogP contribution in [-0.4, -0.2) is 30.7 Å². The van der Waals surface area contributed by atoms with E-state index in [1.807, 2.05) is 30.3 Å². The van der Waals surface area contributed by atoms with Crippen molar-refractivity contribution in [2.24, 2.45) is 4.99 Å². The molecule has 0 heterocycles. The van der Waals surface area contributed by atoms with E-state index in [4.69, 9.17) is 0 Å². The van der Waals surface area contributed by atoms with Gasteiger partial charge >= 0.3 is 0 Å². The molecule has 4 heteroatoms. The standard InChI is InChI=1S/C16H27N3O/c1-3-5-12-18-16(17-4-2)19-13-11-15(20)14-9-7-6-8-10-14/h6-10,15,20H,3-5,11-13H2,1-2H3,(H2,17,18,19). The summed E-state index contributed by atoms with van der Waals surface area (Å²) in [7, 11) is 0. The molecule has 0 aromatic heterocycles. The van der Waals surface area contributed by atoms with Gasteiger partial charge in [-0.15, -0.1) is 0 Å². The summed E-state index contributed by atoms with van der Waals surface area (Å²) in [6.07, 6.45) is 2.49. The zero-order valence-electron chi connectivity index (χ0n) is 12.6. The van der Waals surface area contributed by atoms with Crippen LogP contribution in [0.2, 0.25) is 0 Å². The van der Waals surface area contributed by atoms with Crippen molar-refractivity contribution >= 4 is 5.96 Å². The topological polar surface area (TPSA) is 56.7 Å². The first-order chi connectivity index (χ1) is 9.77. The first-order valence-electron chi connectivity index (χ1n) is 7.53. The van der Waals surface area contributed by atoms with Gasteiger partial charge < -0.3 is 15.7 Å². The van der Waals surface area contributed by atoms with E-state index in [0.717, 1.165) is 37.5 Å². The molecule has 0 radical (unpaired) electrons. The van der Waals surface area contributed by atoms with Crippen LogP contribution in [0.15, 0.2) is 35.3 Å². The highest BCUT2D eigenvalue weighted by Crippen LogP contribution is 2.14. The van der Waals surface area contributed by atoms with E-state index >= 15 is 0 Å². The van der Waals surface area contributed by atoms with Crippen molar-refractivity contribution in [2.45, 2.75) is 39.2 Å². The first kappa shape index (κ1) is 16.5. The first-order valence-corrected chi connectivity index (χ1v) is 7.53. The van der Waals surface area contributed by atoms with Gasteiger partial charge in [0.15, 0.2) is 5.96 Å². The number of benzene rings is 1. The van der Waals surface area contributed by atoms with Crippen molar-refractivity contribution in [1.29, 1.82) is 0 Å². The van der Waals surface area contributed by atoms with Gasteiger partial charge in [0.05, 0.1) is 6.10 Å². The fraction of sp³-hybridized carbons (Fsp3) is 0.562. The third-order valence-corrected chi connectivity index (χ3v) is 3.02. The van der Waals surface area contributed by atoms with E-state index in [0.29, 0.717) is 13.0 Å². The van der Waals surface area contributed by atoms with Crippen LogP contribution in [0.5, 0.6) is 0 Å². The Morgan fingerprint density at radius 3 is 2.60 bits per heavy atom. The summed E-state index contributed by atoms with van der Waals surface area (Å²) in [4.78, 5) is 4.49. The number of nitrogens with zero attached hydrogens (tertiary/aromatic N) is 1. The van der Waals surface area contributed by atoms with E-state index < -0.39 is 6.10 Å². The Morgan fingerprint density at radius 2 is 1.95 bits per heavy atom. The molecule has 0 aliphatic rings. The van der Waals surface area contributed by atoms with Crippen molar-refractivity contribution < 1.29 is 5.11 Å². The molecule has 0 amide bonds. The summed E-state index contributed by atoms with van der Waals surface area (Å²) in [5, 5.41) is 16.5. The van der Waals surface area contributed by atoms with E-state index in [-0.39, 0.29) is 0 Å². The van der Waals surface area contributed by atoms with Crippen LogP contribution in [-0.2, 0) is 0 Å². The predicted octanol–water partition coefficient (Wildman–Crippen LogP) is 2.47. The summed E-state index contributed by atoms with van der Waals surface area (Å²) in [6.45, 7) is 6.60. The third-order valence-electron chi connectivity index (χ3n) is 3.02. The molecule has 112 valence electrons. The average molecular weight is 277 g/mol. The molecular formula is C16H27N3O. The van der Waals surface area contributed by atoms with Gasteiger partial charge in [-0.05, 0) is 25.3 Å². The maximum atomic E-state index is 10.1. The van der Waals surface area contributed by atoms with E-state index in [1.165, 1.54) is 0 Å². The van der Waals surface area contributed by atoms with Crippen LogP contribution in [0.3, 0.4) is 0 Å². The Balaban J connectivity index is 2.34. The molecular weight excluding hydrogens is 250 g/mol. The number of aliphatic hydroxyl groups is 1. The van der Waals surface area contributed by atoms with Crippen LogP contribution in [0.25, 0.3) is 0 Å². The number of aliphatic imine (C=N–C) groups is 1. The normalized spacial score (nSPS) is 13.1. The molecule has 1 unspecified atom stereocenters. The molecule has 0 aliphatic heterocycles. The second kappa shape index (κ2) is 10.3. The number of guanidine groups is 1. The van der Waals surface area contributed by atoms with Crippen LogP contribution >= 0.6 is 0 Å². The van der Waals surface area contributed by atoms with Gasteiger partial charge in [0, 0.05) is 19.6 Å². The molecule has 20 heavy (non-hydrogen) atoms. The van der Waals surface area contributed by atoms with Crippen LogP contribution in [0, 0.1) is 0 Å². The molecule has 0 saturated carbocycles. The van der Waals surface area contributed by atoms with Gasteiger partial charge in [-0.1, -0.05) is 43.7 Å². The highest BCUT2D eigenvalue weighted by Gasteiger charge is 2.06. The minimum Gasteiger partial charge on any atom is -0.388 e. The van der Waals surface area contributed by atoms with Crippen molar-refractivity contribution in [2.75, 3.05) is 19.6 Å². The lowest BCUT2D eigenvalue weighted by Gasteiger charge is -2.14. The molecule has 1 aromatic rings. The molecule has 1 aromatic carbocycles. The molecule has 1 rings (SSSR count). The van der Waals surface area contributed by atoms with E-state index in [1.54, 1.807) is 0 Å². The van der Waals surface area contributed by atoms with Gasteiger partial charge in [-0.2, -0.15) is 0 Å². The number of unbranched alkanes of at least 4 members (excludes halogenated alkanes) is 1. The molecule has 0 bridgehead atoms. The Labute approximate surface area is 122 Å². The minimum atomic E-state index is -0.429. The molecule has 4 nitrogen and oxygen atoms in total. The summed E-state index contributed by atoms with van der Waals surface area (Å²) in [5.74, 6) is 0.834. The molecule has 0 aliphatic carbocycles. The van der Waals surface area contributed by atoms with Crippen molar-refractivity contribution in [3.05, 3.63) is 35.9 Å². The van der Waals surface area contributed by atoms with Crippen molar-refractivity contribution in [1.82, 2.24) is 10.6 Å². The SMILES string of the molecule is CCCCN=C(NCC)NCCC(O)c1ccccc1. The van der Waals surface area contributed by atoms with E-state index in [2.05, 4.69) is 29.5 Å². The monoisotopic (exact) mass is 277 g/mol. The minimum absolute atomic E-state index is 0.429. The molecule has 0 saturated heterocycles. The Bertz CT molecular complexity index is 379. The Hall–Kier alpha value is -1.55. The molecule has 0 fully saturated rings. The number of hydrogen-bond donors (Lipinski definition) is 3. The van der Waals surface area contributed by atoms with Crippen LogP contribution in [0.4, 0.5) is 0 Å². The van der Waals surface area contributed by atoms with Crippen LogP contribution in [0.1, 0.15) is 44.8 Å². The lowest BCUT2D eigenvalue weighted by molar-refractivity contribution is 0.168. The van der Waals surface area contributed by atoms with Crippen molar-refractivity contribution in [3.8, 4) is 0 Å². The van der Waals surface area contributed by atoms with Crippen LogP contribution < -0.4 is 10.6 Å². The lowest BCUT2D eigenvalue weighted by Crippen LogP contribution is -2.38. The summed E-state index contributed by atoms with van der Waals surface area (Å²) in [5.41, 5.74) is 0.960. The van der Waals surface area contributed by atoms with Gasteiger partial charge in [-0.25, -0.2) is 0 Å². The maximum Gasteiger partial charge on any atom is 0.191 e. The zero-order chi connectivity index (χ0) is 14.6. The van der Waals surface area contributed by atoms with Gasteiger partial charge in [0.2, 0.25) is 0 Å². The zero-order valence-corrected chi connectivity index (χ0v) is 12.6. The number of nitrogens with one attached hydrogen (secondary N) is 2. The predicted molar refractivity (Wildman–Crippen MR) is 84.9 cm³/mol. The Morgan fingerprint density at radius 1 is 1.20 bits per heavy atom. The number of aliphatic hydroxyl groups excluding tert-OH is 1. The second-order valence-electron chi connectivity index (χ2n) is 4.76. The maximum absolute atomic E-state index is 10.1. The van der Waals surface area contributed by atoms with Gasteiger partial charge in [-0.3, -0.25) is 4.99 Å². The smallest absolute Gasteiger partial charge is 0.191 e. The van der Waals surface area contributed by atoms with E-state index in [9.17, 15) is 5.11 Å². The summed E-state index contributed by atoms with van der Waals surface area (Å²) >= 11 is 0. The van der Waals surface area contributed by atoms with Gasteiger partial charge in [0.1, 0.15) is 0 Å². The fourth-order valence-corrected chi connectivity index (χ4v) is 1.86.